The van der Waals surface area contributed by atoms with Crippen LogP contribution in [-0.2, 0) is 30.0 Å². The van der Waals surface area contributed by atoms with Gasteiger partial charge in [0.15, 0.2) is 0 Å². The van der Waals surface area contributed by atoms with Crippen LogP contribution >= 0.6 is 18.7 Å². The normalized spacial score (nSPS) is 14.2. The number of esters is 1. The van der Waals surface area contributed by atoms with Crippen LogP contribution in [0.1, 0.15) is 33.3 Å². The Morgan fingerprint density at radius 1 is 0.976 bits per heavy atom. The summed E-state index contributed by atoms with van der Waals surface area (Å²) in [5.41, 5.74) is 2.21. The number of carbonyl (C=O) groups excluding carboxylic acids is 3. The number of alkyl carbamates (subject to hydrolysis) is 1. The minimum absolute atomic E-state index is 0.205. The number of rotatable bonds is 12. The molecule has 41 heavy (non-hydrogen) atoms. The summed E-state index contributed by atoms with van der Waals surface area (Å²) in [6.45, 7) is 6.68. The van der Waals surface area contributed by atoms with Gasteiger partial charge in [-0.05, 0) is 79.8 Å². The quantitative estimate of drug-likeness (QED) is 0.191. The number of para-hydroxylation sites is 1. The van der Waals surface area contributed by atoms with Crippen LogP contribution in [0, 0.1) is 5.92 Å². The fraction of sp³-hybridized carbons (Fsp3) is 0.367. The molecule has 3 atom stereocenters. The molecule has 9 nitrogen and oxygen atoms in total. The molecule has 1 aromatic heterocycles. The van der Waals surface area contributed by atoms with Crippen molar-refractivity contribution in [2.24, 2.45) is 5.92 Å². The summed E-state index contributed by atoms with van der Waals surface area (Å²) < 4.78 is 30.3. The van der Waals surface area contributed by atoms with Gasteiger partial charge in [-0.1, -0.05) is 42.5 Å². The highest BCUT2D eigenvalue weighted by molar-refractivity contribution is 7.59. The number of hydrogen-bond donors (Lipinski definition) is 2. The predicted molar refractivity (Wildman–Crippen MR) is 160 cm³/mol. The number of ether oxygens (including phenoxy) is 2. The van der Waals surface area contributed by atoms with Gasteiger partial charge < -0.3 is 24.6 Å². The summed E-state index contributed by atoms with van der Waals surface area (Å²) in [4.78, 5) is 37.9. The Kier molecular flexibility index (Phi) is 11.1. The van der Waals surface area contributed by atoms with E-state index in [1.54, 1.807) is 62.4 Å². The molecule has 0 saturated carbocycles. The molecule has 1 heterocycles. The van der Waals surface area contributed by atoms with Crippen molar-refractivity contribution in [1.82, 2.24) is 10.6 Å². The molecule has 0 fully saturated rings. The van der Waals surface area contributed by atoms with Gasteiger partial charge in [0, 0.05) is 6.16 Å². The average Bonchev–Trinajstić information content (AvgIpc) is 3.46. The molecule has 2 aromatic carbocycles. The number of nitrogens with one attached hydrogen (secondary N) is 2. The van der Waals surface area contributed by atoms with E-state index in [4.69, 9.17) is 14.0 Å². The van der Waals surface area contributed by atoms with Gasteiger partial charge in [0.2, 0.25) is 5.91 Å². The second kappa shape index (κ2) is 14.3. The summed E-state index contributed by atoms with van der Waals surface area (Å²) in [5, 5.41) is 9.26. The third kappa shape index (κ3) is 10.4. The van der Waals surface area contributed by atoms with Crippen molar-refractivity contribution < 1.29 is 32.9 Å². The fourth-order valence-electron chi connectivity index (χ4n) is 4.00. The van der Waals surface area contributed by atoms with Crippen LogP contribution in [0.3, 0.4) is 0 Å². The summed E-state index contributed by atoms with van der Waals surface area (Å²) in [7, 11) is -2.48. The van der Waals surface area contributed by atoms with E-state index in [2.05, 4.69) is 10.6 Å². The number of amides is 2. The molecule has 0 aliphatic heterocycles. The van der Waals surface area contributed by atoms with Crippen molar-refractivity contribution in [3.63, 3.8) is 0 Å². The molecular weight excluding hydrogens is 563 g/mol. The van der Waals surface area contributed by atoms with Crippen molar-refractivity contribution >= 4 is 36.7 Å². The van der Waals surface area contributed by atoms with E-state index in [0.717, 1.165) is 16.7 Å². The van der Waals surface area contributed by atoms with Gasteiger partial charge in [-0.15, -0.1) is 0 Å². The Hall–Kier alpha value is -3.62. The van der Waals surface area contributed by atoms with Gasteiger partial charge in [0.1, 0.15) is 23.7 Å². The van der Waals surface area contributed by atoms with Crippen molar-refractivity contribution in [2.75, 3.05) is 19.6 Å². The van der Waals surface area contributed by atoms with Crippen molar-refractivity contribution in [3.05, 3.63) is 77.0 Å². The lowest BCUT2D eigenvalue weighted by Crippen LogP contribution is -2.44. The maximum atomic E-state index is 14.3. The zero-order valence-corrected chi connectivity index (χ0v) is 25.6. The summed E-state index contributed by atoms with van der Waals surface area (Å²) >= 11 is 1.60. The number of carbonyl (C=O) groups is 3. The molecule has 11 heteroatoms. The minimum Gasteiger partial charge on any atom is -0.467 e. The van der Waals surface area contributed by atoms with Gasteiger partial charge >= 0.3 is 12.1 Å². The van der Waals surface area contributed by atoms with Gasteiger partial charge in [-0.25, -0.2) is 9.59 Å². The van der Waals surface area contributed by atoms with Crippen molar-refractivity contribution in [3.8, 4) is 16.9 Å². The van der Waals surface area contributed by atoms with Gasteiger partial charge in [-0.3, -0.25) is 9.36 Å². The van der Waals surface area contributed by atoms with Gasteiger partial charge in [0.25, 0.3) is 7.37 Å². The van der Waals surface area contributed by atoms with E-state index < -0.39 is 42.9 Å². The number of methoxy groups -OCH3 is 1. The maximum absolute atomic E-state index is 14.3. The van der Waals surface area contributed by atoms with Crippen LogP contribution in [0.25, 0.3) is 11.1 Å². The second-order valence-corrected chi connectivity index (χ2v) is 13.9. The van der Waals surface area contributed by atoms with E-state index in [1.165, 1.54) is 14.0 Å². The first-order valence-corrected chi connectivity index (χ1v) is 16.1. The molecule has 0 unspecified atom stereocenters. The first-order valence-electron chi connectivity index (χ1n) is 13.2. The topological polar surface area (TPSA) is 120 Å². The van der Waals surface area contributed by atoms with Crippen LogP contribution in [-0.4, -0.2) is 49.2 Å². The molecule has 0 aliphatic rings. The highest BCUT2D eigenvalue weighted by atomic mass is 32.1. The SMILES string of the molecule is COC(=O)[C@H](C)NC(=O)[C@H](Cc1ccc(-c2ccsc2)cc1)C[P@](=O)(CNC(=O)OC(C)(C)C)Oc1ccccc1. The molecule has 0 bridgehead atoms. The molecule has 0 spiro atoms. The van der Waals surface area contributed by atoms with Crippen LogP contribution < -0.4 is 15.2 Å². The monoisotopic (exact) mass is 600 g/mol. The lowest BCUT2D eigenvalue weighted by molar-refractivity contribution is -0.144. The number of thiophene rings is 1. The lowest BCUT2D eigenvalue weighted by Gasteiger charge is -2.26. The highest BCUT2D eigenvalue weighted by Crippen LogP contribution is 2.48. The first kappa shape index (κ1) is 31.9. The van der Waals surface area contributed by atoms with Crippen LogP contribution in [0.2, 0.25) is 0 Å². The minimum atomic E-state index is -3.72. The summed E-state index contributed by atoms with van der Waals surface area (Å²) in [5.74, 6) is -1.61. The smallest absolute Gasteiger partial charge is 0.408 e. The zero-order chi connectivity index (χ0) is 30.0. The van der Waals surface area contributed by atoms with Crippen molar-refractivity contribution in [1.29, 1.82) is 0 Å². The van der Waals surface area contributed by atoms with Crippen LogP contribution in [0.4, 0.5) is 4.79 Å². The van der Waals surface area contributed by atoms with E-state index in [0.29, 0.717) is 5.75 Å². The van der Waals surface area contributed by atoms with Crippen LogP contribution in [0.5, 0.6) is 5.75 Å². The molecule has 0 saturated heterocycles. The van der Waals surface area contributed by atoms with Crippen LogP contribution in [0.15, 0.2) is 71.4 Å². The number of hydrogen-bond acceptors (Lipinski definition) is 8. The van der Waals surface area contributed by atoms with E-state index >= 15 is 0 Å². The third-order valence-electron chi connectivity index (χ3n) is 5.95. The van der Waals surface area contributed by atoms with Gasteiger partial charge in [-0.2, -0.15) is 11.3 Å². The molecule has 2 N–H and O–H groups in total. The molecule has 3 rings (SSSR count). The Morgan fingerprint density at radius 2 is 1.66 bits per heavy atom. The van der Waals surface area contributed by atoms with E-state index in [9.17, 15) is 18.9 Å². The lowest BCUT2D eigenvalue weighted by atomic mass is 9.98. The Morgan fingerprint density at radius 3 is 2.24 bits per heavy atom. The standard InChI is InChI=1S/C30H37N2O7PS/c1-21(28(34)37-5)32-27(33)25(17-22-11-13-23(14-12-22)24-15-16-41-19-24)18-40(36,39-26-9-7-6-8-10-26)20-31-29(35)38-30(2,3)4/h6-16,19,21,25H,17-18,20H2,1-5H3,(H,31,35)(H,32,33)/t21-,25+,40+/m0/s1. The summed E-state index contributed by atoms with van der Waals surface area (Å²) in [6.07, 6.45) is -1.09. The molecule has 2 amide bonds. The van der Waals surface area contributed by atoms with E-state index in [1.807, 2.05) is 41.1 Å². The Labute approximate surface area is 245 Å². The Bertz CT molecular complexity index is 1340. The average molecular weight is 601 g/mol. The summed E-state index contributed by atoms with van der Waals surface area (Å²) in [6, 6.07) is 17.4. The van der Waals surface area contributed by atoms with E-state index in [-0.39, 0.29) is 18.9 Å². The van der Waals surface area contributed by atoms with Gasteiger partial charge in [0.05, 0.1) is 13.0 Å². The highest BCUT2D eigenvalue weighted by Gasteiger charge is 2.35. The molecular formula is C30H37N2O7PS. The van der Waals surface area contributed by atoms with Crippen molar-refractivity contribution in [2.45, 2.75) is 45.8 Å². The molecule has 0 aliphatic carbocycles. The number of benzene rings is 2. The maximum Gasteiger partial charge on any atom is 0.408 e. The largest absolute Gasteiger partial charge is 0.467 e. The molecule has 3 aromatic rings. The third-order valence-corrected chi connectivity index (χ3v) is 8.82. The Balaban J connectivity index is 1.88. The molecule has 220 valence electrons. The fourth-order valence-corrected chi connectivity index (χ4v) is 6.77. The first-order chi connectivity index (χ1) is 19.4. The second-order valence-electron chi connectivity index (χ2n) is 10.6. The molecule has 0 radical (unpaired) electrons. The zero-order valence-electron chi connectivity index (χ0n) is 23.9. The predicted octanol–water partition coefficient (Wildman–Crippen LogP) is 6.09.